The van der Waals surface area contributed by atoms with Crippen LogP contribution in [0.1, 0.15) is 36.6 Å². The van der Waals surface area contributed by atoms with Crippen molar-refractivity contribution in [1.29, 1.82) is 5.26 Å². The number of nitrogens with zero attached hydrogens (tertiary/aromatic N) is 2. The van der Waals surface area contributed by atoms with Gasteiger partial charge in [0.05, 0.1) is 19.8 Å². The maximum atomic E-state index is 14.1. The third-order valence-electron chi connectivity index (χ3n) is 6.13. The zero-order chi connectivity index (χ0) is 24.2. The predicted octanol–water partition coefficient (Wildman–Crippen LogP) is 6.00. The molecule has 1 aromatic heterocycles. The lowest BCUT2D eigenvalue weighted by Crippen LogP contribution is -2.23. The van der Waals surface area contributed by atoms with Gasteiger partial charge in [-0.15, -0.1) is 0 Å². The number of nitriles is 1. The molecule has 176 valence electrons. The summed E-state index contributed by atoms with van der Waals surface area (Å²) in [6, 6.07) is 23.6. The molecule has 5 nitrogen and oxygen atoms in total. The van der Waals surface area contributed by atoms with Crippen LogP contribution < -0.4 is 10.3 Å². The second-order valence-electron chi connectivity index (χ2n) is 8.70. The molecule has 0 unspecified atom stereocenters. The van der Waals surface area contributed by atoms with Crippen LogP contribution >= 0.6 is 0 Å². The van der Waals surface area contributed by atoms with Gasteiger partial charge in [-0.3, -0.25) is 9.36 Å². The SMILES string of the molecule is N#Cc1c(-c2cccc(F)c2)c2cc(OCCCOCc3ccccc3)ccc2c(=O)n1C1CC1. The van der Waals surface area contributed by atoms with Crippen LogP contribution in [0.3, 0.4) is 0 Å². The van der Waals surface area contributed by atoms with E-state index in [1.54, 1.807) is 34.9 Å². The van der Waals surface area contributed by atoms with Gasteiger partial charge in [0.1, 0.15) is 23.3 Å². The second-order valence-corrected chi connectivity index (χ2v) is 8.70. The quantitative estimate of drug-likeness (QED) is 0.283. The smallest absolute Gasteiger partial charge is 0.259 e. The molecule has 1 fully saturated rings. The molecule has 5 rings (SSSR count). The summed E-state index contributed by atoms with van der Waals surface area (Å²) in [5.41, 5.74) is 2.32. The number of hydrogen-bond donors (Lipinski definition) is 0. The molecule has 0 N–H and O–H groups in total. The van der Waals surface area contributed by atoms with Crippen LogP contribution in [0.15, 0.2) is 77.6 Å². The first kappa shape index (κ1) is 22.8. The van der Waals surface area contributed by atoms with E-state index in [1.807, 2.05) is 30.3 Å². The van der Waals surface area contributed by atoms with Crippen molar-refractivity contribution in [2.75, 3.05) is 13.2 Å². The first-order valence-corrected chi connectivity index (χ1v) is 11.8. The summed E-state index contributed by atoms with van der Waals surface area (Å²) in [6.07, 6.45) is 2.42. The lowest BCUT2D eigenvalue weighted by molar-refractivity contribution is 0.107. The highest BCUT2D eigenvalue weighted by Gasteiger charge is 2.30. The Morgan fingerprint density at radius 1 is 0.971 bits per heavy atom. The number of aromatic nitrogens is 1. The van der Waals surface area contributed by atoms with E-state index in [1.165, 1.54) is 12.1 Å². The Hall–Kier alpha value is -3.95. The molecule has 35 heavy (non-hydrogen) atoms. The summed E-state index contributed by atoms with van der Waals surface area (Å²) >= 11 is 0. The van der Waals surface area contributed by atoms with E-state index in [-0.39, 0.29) is 17.3 Å². The standard InChI is InChI=1S/C29H25FN2O3/c30-22-9-4-8-21(16-22)28-26-17-24(35-15-5-14-34-19-20-6-2-1-3-7-20)12-13-25(26)29(33)32(23-10-11-23)27(28)18-31/h1-4,6-9,12-13,16-17,23H,5,10-11,14-15,19H2. The summed E-state index contributed by atoms with van der Waals surface area (Å²) in [5.74, 6) is 0.192. The Balaban J connectivity index is 1.40. The van der Waals surface area contributed by atoms with Crippen LogP contribution in [0.4, 0.5) is 4.39 Å². The molecule has 0 atom stereocenters. The number of pyridine rings is 1. The predicted molar refractivity (Wildman–Crippen MR) is 133 cm³/mol. The van der Waals surface area contributed by atoms with Crippen molar-refractivity contribution in [2.45, 2.75) is 31.9 Å². The van der Waals surface area contributed by atoms with Gasteiger partial charge in [0.2, 0.25) is 0 Å². The minimum atomic E-state index is -0.397. The molecular weight excluding hydrogens is 443 g/mol. The summed E-state index contributed by atoms with van der Waals surface area (Å²) in [6.45, 7) is 1.56. The average Bonchev–Trinajstić information content (AvgIpc) is 3.71. The molecule has 1 aliphatic rings. The molecule has 0 aliphatic heterocycles. The molecule has 1 heterocycles. The van der Waals surface area contributed by atoms with Gasteiger partial charge in [-0.2, -0.15) is 5.26 Å². The molecule has 0 amide bonds. The highest BCUT2D eigenvalue weighted by Crippen LogP contribution is 2.39. The van der Waals surface area contributed by atoms with Gasteiger partial charge in [0.25, 0.3) is 5.56 Å². The van der Waals surface area contributed by atoms with E-state index in [0.29, 0.717) is 53.9 Å². The number of benzene rings is 3. The fraction of sp³-hybridized carbons (Fsp3) is 0.241. The topological polar surface area (TPSA) is 64.2 Å². The van der Waals surface area contributed by atoms with E-state index in [2.05, 4.69) is 6.07 Å². The van der Waals surface area contributed by atoms with Crippen LogP contribution in [0.5, 0.6) is 5.75 Å². The molecule has 4 aromatic rings. The highest BCUT2D eigenvalue weighted by atomic mass is 19.1. The third-order valence-corrected chi connectivity index (χ3v) is 6.13. The Bertz CT molecular complexity index is 1450. The summed E-state index contributed by atoms with van der Waals surface area (Å²) in [5, 5.41) is 11.1. The van der Waals surface area contributed by atoms with Crippen LogP contribution in [-0.4, -0.2) is 17.8 Å². The zero-order valence-corrected chi connectivity index (χ0v) is 19.2. The number of rotatable bonds is 9. The highest BCUT2D eigenvalue weighted by molar-refractivity contribution is 5.99. The largest absolute Gasteiger partial charge is 0.493 e. The van der Waals surface area contributed by atoms with Crippen molar-refractivity contribution in [3.63, 3.8) is 0 Å². The normalized spacial score (nSPS) is 13.0. The van der Waals surface area contributed by atoms with Crippen molar-refractivity contribution in [1.82, 2.24) is 4.57 Å². The minimum Gasteiger partial charge on any atom is -0.493 e. The van der Waals surface area contributed by atoms with Crippen LogP contribution in [0.2, 0.25) is 0 Å². The molecule has 0 spiro atoms. The van der Waals surface area contributed by atoms with E-state index in [4.69, 9.17) is 9.47 Å². The third kappa shape index (κ3) is 4.96. The maximum absolute atomic E-state index is 14.1. The van der Waals surface area contributed by atoms with Gasteiger partial charge in [0.15, 0.2) is 0 Å². The fourth-order valence-corrected chi connectivity index (χ4v) is 4.33. The zero-order valence-electron chi connectivity index (χ0n) is 19.2. The first-order chi connectivity index (χ1) is 17.2. The van der Waals surface area contributed by atoms with Crippen LogP contribution in [0, 0.1) is 17.1 Å². The monoisotopic (exact) mass is 468 g/mol. The molecule has 6 heteroatoms. The molecule has 0 saturated heterocycles. The Morgan fingerprint density at radius 3 is 2.54 bits per heavy atom. The van der Waals surface area contributed by atoms with Crippen molar-refractivity contribution >= 4 is 10.8 Å². The number of hydrogen-bond acceptors (Lipinski definition) is 4. The van der Waals surface area contributed by atoms with Gasteiger partial charge in [-0.1, -0.05) is 42.5 Å². The van der Waals surface area contributed by atoms with E-state index in [0.717, 1.165) is 18.4 Å². The van der Waals surface area contributed by atoms with Crippen molar-refractivity contribution in [3.8, 4) is 22.9 Å². The van der Waals surface area contributed by atoms with E-state index in [9.17, 15) is 14.4 Å². The lowest BCUT2D eigenvalue weighted by Gasteiger charge is -2.16. The van der Waals surface area contributed by atoms with Crippen molar-refractivity contribution in [2.24, 2.45) is 0 Å². The van der Waals surface area contributed by atoms with E-state index < -0.39 is 5.82 Å². The maximum Gasteiger partial charge on any atom is 0.259 e. The van der Waals surface area contributed by atoms with Crippen molar-refractivity contribution in [3.05, 3.63) is 100 Å². The second kappa shape index (κ2) is 10.1. The van der Waals surface area contributed by atoms with Gasteiger partial charge in [-0.05, 0) is 54.3 Å². The van der Waals surface area contributed by atoms with E-state index >= 15 is 0 Å². The number of halogens is 1. The van der Waals surface area contributed by atoms with Crippen LogP contribution in [0.25, 0.3) is 21.9 Å². The number of fused-ring (bicyclic) bond motifs is 1. The molecule has 0 radical (unpaired) electrons. The van der Waals surface area contributed by atoms with Gasteiger partial charge < -0.3 is 9.47 Å². The molecule has 0 bridgehead atoms. The molecular formula is C29H25FN2O3. The Labute approximate surface area is 203 Å². The number of ether oxygens (including phenoxy) is 2. The van der Waals surface area contributed by atoms with Gasteiger partial charge in [-0.25, -0.2) is 4.39 Å². The minimum absolute atomic E-state index is 0.0145. The Morgan fingerprint density at radius 2 is 1.80 bits per heavy atom. The fourth-order valence-electron chi connectivity index (χ4n) is 4.33. The average molecular weight is 469 g/mol. The molecule has 1 aliphatic carbocycles. The summed E-state index contributed by atoms with van der Waals surface area (Å²) in [4.78, 5) is 13.3. The lowest BCUT2D eigenvalue weighted by atomic mass is 9.96. The molecule has 3 aromatic carbocycles. The van der Waals surface area contributed by atoms with Gasteiger partial charge in [0, 0.05) is 28.8 Å². The van der Waals surface area contributed by atoms with Crippen LogP contribution in [-0.2, 0) is 11.3 Å². The van der Waals surface area contributed by atoms with Crippen molar-refractivity contribution < 1.29 is 13.9 Å². The Kier molecular flexibility index (Phi) is 6.60. The summed E-state index contributed by atoms with van der Waals surface area (Å²) in [7, 11) is 0. The first-order valence-electron chi connectivity index (χ1n) is 11.8. The summed E-state index contributed by atoms with van der Waals surface area (Å²) < 4.78 is 27.3. The van der Waals surface area contributed by atoms with Gasteiger partial charge >= 0.3 is 0 Å². The molecule has 1 saturated carbocycles.